The lowest BCUT2D eigenvalue weighted by Crippen LogP contribution is -2.48. The summed E-state index contributed by atoms with van der Waals surface area (Å²) >= 11 is 0. The average molecular weight is 336 g/mol. The van der Waals surface area contributed by atoms with E-state index in [4.69, 9.17) is 0 Å². The van der Waals surface area contributed by atoms with E-state index >= 15 is 0 Å². The summed E-state index contributed by atoms with van der Waals surface area (Å²) in [7, 11) is 0. The van der Waals surface area contributed by atoms with Crippen LogP contribution in [0.4, 0.5) is 0 Å². The monoisotopic (exact) mass is 335 g/mol. The van der Waals surface area contributed by atoms with Crippen LogP contribution in [-0.4, -0.2) is 72.6 Å². The highest BCUT2D eigenvalue weighted by Crippen LogP contribution is 2.28. The van der Waals surface area contributed by atoms with E-state index in [-0.39, 0.29) is 0 Å². The second-order valence-electron chi connectivity index (χ2n) is 9.39. The summed E-state index contributed by atoms with van der Waals surface area (Å²) in [6.07, 6.45) is 7.11. The van der Waals surface area contributed by atoms with Crippen molar-refractivity contribution in [1.29, 1.82) is 0 Å². The largest absolute Gasteiger partial charge is 0.303 e. The van der Waals surface area contributed by atoms with Gasteiger partial charge in [-0.15, -0.1) is 0 Å². The molecule has 0 N–H and O–H groups in total. The molecule has 3 fully saturated rings. The highest BCUT2D eigenvalue weighted by atomic mass is 15.2. The third-order valence-corrected chi connectivity index (χ3v) is 7.15. The third-order valence-electron chi connectivity index (χ3n) is 7.15. The van der Waals surface area contributed by atoms with E-state index < -0.39 is 0 Å². The lowest BCUT2D eigenvalue weighted by molar-refractivity contribution is 0.0646. The fourth-order valence-electron chi connectivity index (χ4n) is 5.26. The van der Waals surface area contributed by atoms with E-state index in [1.807, 2.05) is 0 Å². The topological polar surface area (TPSA) is 9.72 Å². The third kappa shape index (κ3) is 4.74. The summed E-state index contributed by atoms with van der Waals surface area (Å²) in [4.78, 5) is 8.26. The maximum Gasteiger partial charge on any atom is 0.0120 e. The van der Waals surface area contributed by atoms with E-state index in [0.29, 0.717) is 0 Å². The Morgan fingerprint density at radius 1 is 0.792 bits per heavy atom. The first-order chi connectivity index (χ1) is 11.5. The Morgan fingerprint density at radius 2 is 1.46 bits per heavy atom. The van der Waals surface area contributed by atoms with Gasteiger partial charge in [-0.3, -0.25) is 0 Å². The SMILES string of the molecule is CC(C)C1CCN(C2CCN(C[C@@H]3CCN(C(C)C)C3)CC2)CC1. The predicted octanol–water partition coefficient (Wildman–Crippen LogP) is 3.55. The van der Waals surface area contributed by atoms with Crippen LogP contribution in [0, 0.1) is 17.8 Å². The zero-order chi connectivity index (χ0) is 17.1. The van der Waals surface area contributed by atoms with Crippen molar-refractivity contribution in [2.75, 3.05) is 45.8 Å². The van der Waals surface area contributed by atoms with Crippen LogP contribution in [0.15, 0.2) is 0 Å². The Kier molecular flexibility index (Phi) is 6.62. The number of hydrogen-bond acceptors (Lipinski definition) is 3. The van der Waals surface area contributed by atoms with E-state index in [0.717, 1.165) is 29.8 Å². The Bertz CT molecular complexity index is 365. The Labute approximate surface area is 150 Å². The van der Waals surface area contributed by atoms with Gasteiger partial charge in [-0.2, -0.15) is 0 Å². The number of rotatable bonds is 5. The molecule has 0 aromatic carbocycles. The maximum atomic E-state index is 2.83. The van der Waals surface area contributed by atoms with Gasteiger partial charge in [0, 0.05) is 25.2 Å². The lowest BCUT2D eigenvalue weighted by atomic mass is 9.85. The van der Waals surface area contributed by atoms with Crippen LogP contribution in [0.5, 0.6) is 0 Å². The Balaban J connectivity index is 1.36. The van der Waals surface area contributed by atoms with Gasteiger partial charge in [0.2, 0.25) is 0 Å². The summed E-state index contributed by atoms with van der Waals surface area (Å²) in [5.74, 6) is 2.78. The summed E-state index contributed by atoms with van der Waals surface area (Å²) in [5.41, 5.74) is 0. The van der Waals surface area contributed by atoms with Crippen molar-refractivity contribution >= 4 is 0 Å². The van der Waals surface area contributed by atoms with Crippen LogP contribution < -0.4 is 0 Å². The van der Waals surface area contributed by atoms with Crippen LogP contribution in [0.3, 0.4) is 0 Å². The molecular formula is C21H41N3. The highest BCUT2D eigenvalue weighted by Gasteiger charge is 2.31. The normalized spacial score (nSPS) is 30.0. The van der Waals surface area contributed by atoms with Gasteiger partial charge in [0.25, 0.3) is 0 Å². The number of nitrogens with zero attached hydrogens (tertiary/aromatic N) is 3. The average Bonchev–Trinajstić information content (AvgIpc) is 3.04. The van der Waals surface area contributed by atoms with Crippen molar-refractivity contribution in [1.82, 2.24) is 14.7 Å². The van der Waals surface area contributed by atoms with Gasteiger partial charge in [0.1, 0.15) is 0 Å². The van der Waals surface area contributed by atoms with Crippen molar-refractivity contribution in [3.63, 3.8) is 0 Å². The fraction of sp³-hybridized carbons (Fsp3) is 1.00. The smallest absolute Gasteiger partial charge is 0.0120 e. The van der Waals surface area contributed by atoms with Gasteiger partial charge in [-0.05, 0) is 96.4 Å². The number of hydrogen-bond donors (Lipinski definition) is 0. The molecule has 0 unspecified atom stereocenters. The molecule has 0 saturated carbocycles. The predicted molar refractivity (Wildman–Crippen MR) is 103 cm³/mol. The molecule has 3 aliphatic heterocycles. The first kappa shape index (κ1) is 18.7. The second-order valence-corrected chi connectivity index (χ2v) is 9.39. The summed E-state index contributed by atoms with van der Waals surface area (Å²) in [6, 6.07) is 1.61. The molecule has 0 bridgehead atoms. The van der Waals surface area contributed by atoms with Crippen molar-refractivity contribution in [3.8, 4) is 0 Å². The molecule has 0 radical (unpaired) electrons. The van der Waals surface area contributed by atoms with E-state index in [2.05, 4.69) is 42.4 Å². The van der Waals surface area contributed by atoms with E-state index in [1.165, 1.54) is 77.9 Å². The van der Waals surface area contributed by atoms with Gasteiger partial charge < -0.3 is 14.7 Å². The molecule has 3 aliphatic rings. The van der Waals surface area contributed by atoms with Crippen molar-refractivity contribution in [2.45, 2.75) is 71.9 Å². The molecule has 1 atom stereocenters. The Hall–Kier alpha value is -0.120. The van der Waals surface area contributed by atoms with Crippen LogP contribution in [0.2, 0.25) is 0 Å². The van der Waals surface area contributed by atoms with E-state index in [1.54, 1.807) is 0 Å². The number of piperidine rings is 2. The molecule has 0 amide bonds. The van der Waals surface area contributed by atoms with Gasteiger partial charge in [-0.25, -0.2) is 0 Å². The first-order valence-electron chi connectivity index (χ1n) is 10.7. The standard InChI is InChI=1S/C21H41N3/c1-17(2)20-6-13-23(14-7-20)21-8-10-22(11-9-21)15-19-5-12-24(16-19)18(3)4/h17-21H,5-16H2,1-4H3/t19-/m0/s1. The molecule has 0 aliphatic carbocycles. The van der Waals surface area contributed by atoms with E-state index in [9.17, 15) is 0 Å². The highest BCUT2D eigenvalue weighted by molar-refractivity contribution is 4.86. The van der Waals surface area contributed by atoms with Gasteiger partial charge in [0.15, 0.2) is 0 Å². The van der Waals surface area contributed by atoms with Crippen LogP contribution in [0.25, 0.3) is 0 Å². The Morgan fingerprint density at radius 3 is 2.00 bits per heavy atom. The molecule has 3 rings (SSSR count). The molecular weight excluding hydrogens is 294 g/mol. The first-order valence-corrected chi connectivity index (χ1v) is 10.7. The van der Waals surface area contributed by atoms with Crippen molar-refractivity contribution in [2.24, 2.45) is 17.8 Å². The molecule has 140 valence electrons. The molecule has 0 aromatic heterocycles. The number of likely N-dealkylation sites (tertiary alicyclic amines) is 3. The van der Waals surface area contributed by atoms with Crippen LogP contribution in [0.1, 0.15) is 59.8 Å². The van der Waals surface area contributed by atoms with Crippen LogP contribution in [-0.2, 0) is 0 Å². The molecule has 3 saturated heterocycles. The minimum absolute atomic E-state index is 0.731. The molecule has 24 heavy (non-hydrogen) atoms. The summed E-state index contributed by atoms with van der Waals surface area (Å²) in [6.45, 7) is 18.9. The molecule has 0 spiro atoms. The summed E-state index contributed by atoms with van der Waals surface area (Å²) < 4.78 is 0. The molecule has 3 nitrogen and oxygen atoms in total. The lowest BCUT2D eigenvalue weighted by Gasteiger charge is -2.43. The minimum Gasteiger partial charge on any atom is -0.303 e. The molecule has 3 heteroatoms. The van der Waals surface area contributed by atoms with Crippen molar-refractivity contribution < 1.29 is 0 Å². The second kappa shape index (κ2) is 8.51. The summed E-state index contributed by atoms with van der Waals surface area (Å²) in [5, 5.41) is 0. The van der Waals surface area contributed by atoms with Gasteiger partial charge in [-0.1, -0.05) is 13.8 Å². The molecule has 3 heterocycles. The quantitative estimate of drug-likeness (QED) is 0.761. The maximum absolute atomic E-state index is 2.83. The van der Waals surface area contributed by atoms with Crippen molar-refractivity contribution in [3.05, 3.63) is 0 Å². The fourth-order valence-corrected chi connectivity index (χ4v) is 5.26. The minimum atomic E-state index is 0.731. The zero-order valence-electron chi connectivity index (χ0n) is 16.7. The van der Waals surface area contributed by atoms with Gasteiger partial charge >= 0.3 is 0 Å². The molecule has 0 aromatic rings. The van der Waals surface area contributed by atoms with Gasteiger partial charge in [0.05, 0.1) is 0 Å². The zero-order valence-corrected chi connectivity index (χ0v) is 16.7. The van der Waals surface area contributed by atoms with Crippen LogP contribution >= 0.6 is 0 Å².